The number of nitrogens with zero attached hydrogens (tertiary/aromatic N) is 1. The molecule has 0 spiro atoms. The molecule has 0 bridgehead atoms. The van der Waals surface area contributed by atoms with Crippen molar-refractivity contribution in [2.75, 3.05) is 13.1 Å². The summed E-state index contributed by atoms with van der Waals surface area (Å²) in [5.41, 5.74) is 3.83. The van der Waals surface area contributed by atoms with Gasteiger partial charge in [-0.05, 0) is 31.1 Å². The van der Waals surface area contributed by atoms with Crippen molar-refractivity contribution in [3.8, 4) is 0 Å². The molecule has 0 radical (unpaired) electrons. The normalized spacial score (nSPS) is 34.8. The minimum atomic E-state index is -1.42. The number of primary amides is 1. The first kappa shape index (κ1) is 15.8. The van der Waals surface area contributed by atoms with E-state index in [9.17, 15) is 14.7 Å². The van der Waals surface area contributed by atoms with Gasteiger partial charge in [0.15, 0.2) is 0 Å². The van der Waals surface area contributed by atoms with Gasteiger partial charge in [0.1, 0.15) is 5.60 Å². The molecule has 1 aliphatic heterocycles. The minimum absolute atomic E-state index is 0.152. The van der Waals surface area contributed by atoms with E-state index < -0.39 is 11.5 Å². The van der Waals surface area contributed by atoms with Crippen LogP contribution in [0.5, 0.6) is 0 Å². The van der Waals surface area contributed by atoms with Gasteiger partial charge >= 0.3 is 0 Å². The monoisotopic (exact) mass is 308 g/mol. The van der Waals surface area contributed by atoms with E-state index >= 15 is 0 Å². The van der Waals surface area contributed by atoms with Gasteiger partial charge in [-0.1, -0.05) is 25.7 Å². The first-order valence-corrected chi connectivity index (χ1v) is 8.81. The Bertz CT molecular complexity index is 443. The van der Waals surface area contributed by atoms with E-state index in [1.165, 1.54) is 32.1 Å². The number of fused-ring (bicyclic) bond motifs is 1. The predicted octanol–water partition coefficient (Wildman–Crippen LogP) is 1.43. The topological polar surface area (TPSA) is 83.6 Å². The average Bonchev–Trinajstić information content (AvgIpc) is 2.54. The van der Waals surface area contributed by atoms with Gasteiger partial charge in [0.2, 0.25) is 11.8 Å². The fraction of sp³-hybridized carbons (Fsp3) is 0.882. The maximum absolute atomic E-state index is 12.7. The van der Waals surface area contributed by atoms with Crippen LogP contribution in [0.2, 0.25) is 0 Å². The van der Waals surface area contributed by atoms with Crippen LogP contribution in [0.4, 0.5) is 0 Å². The number of piperidine rings is 1. The molecule has 1 saturated heterocycles. The average molecular weight is 308 g/mol. The SMILES string of the molecule is NC(=O)C1(O)CCN(C(=O)[C@@H]2CC[C@@H]3CCCC[C@H]3C2)CC1. The highest BCUT2D eigenvalue weighted by atomic mass is 16.3. The number of carbonyl (C=O) groups is 2. The molecular formula is C17H28N2O3. The lowest BCUT2D eigenvalue weighted by atomic mass is 9.67. The first-order valence-electron chi connectivity index (χ1n) is 8.81. The summed E-state index contributed by atoms with van der Waals surface area (Å²) in [6, 6.07) is 0. The largest absolute Gasteiger partial charge is 0.380 e. The molecule has 1 heterocycles. The number of hydrogen-bond acceptors (Lipinski definition) is 3. The summed E-state index contributed by atoms with van der Waals surface area (Å²) < 4.78 is 0. The Morgan fingerprint density at radius 3 is 2.27 bits per heavy atom. The summed E-state index contributed by atoms with van der Waals surface area (Å²) in [4.78, 5) is 25.9. The number of hydrogen-bond donors (Lipinski definition) is 2. The maximum Gasteiger partial charge on any atom is 0.249 e. The van der Waals surface area contributed by atoms with Crippen LogP contribution in [0.25, 0.3) is 0 Å². The lowest BCUT2D eigenvalue weighted by Crippen LogP contribution is -2.54. The molecule has 5 nitrogen and oxygen atoms in total. The van der Waals surface area contributed by atoms with Crippen molar-refractivity contribution in [1.29, 1.82) is 0 Å². The number of rotatable bonds is 2. The standard InChI is InChI=1S/C17H28N2O3/c18-16(21)17(22)7-9-19(10-8-17)15(20)14-6-5-12-3-1-2-4-13(12)11-14/h12-14,22H,1-11H2,(H2,18,21)/t12-,13-,14+/m0/s1. The molecule has 0 unspecified atom stereocenters. The zero-order chi connectivity index (χ0) is 15.7. The second-order valence-corrected chi connectivity index (χ2v) is 7.54. The molecule has 2 saturated carbocycles. The van der Waals surface area contributed by atoms with Gasteiger partial charge in [-0.25, -0.2) is 0 Å². The molecule has 2 aliphatic carbocycles. The van der Waals surface area contributed by atoms with Crippen molar-refractivity contribution < 1.29 is 14.7 Å². The number of nitrogens with two attached hydrogens (primary N) is 1. The summed E-state index contributed by atoms with van der Waals surface area (Å²) >= 11 is 0. The quantitative estimate of drug-likeness (QED) is 0.809. The summed E-state index contributed by atoms with van der Waals surface area (Å²) in [7, 11) is 0. The predicted molar refractivity (Wildman–Crippen MR) is 82.7 cm³/mol. The number of likely N-dealkylation sites (tertiary alicyclic amines) is 1. The van der Waals surface area contributed by atoms with E-state index in [0.717, 1.165) is 24.7 Å². The van der Waals surface area contributed by atoms with Gasteiger partial charge in [0.05, 0.1) is 0 Å². The lowest BCUT2D eigenvalue weighted by molar-refractivity contribution is -0.149. The fourth-order valence-corrected chi connectivity index (χ4v) is 4.70. The van der Waals surface area contributed by atoms with Crippen LogP contribution in [0.3, 0.4) is 0 Å². The van der Waals surface area contributed by atoms with Gasteiger partial charge in [-0.15, -0.1) is 0 Å². The third-order valence-corrected chi connectivity index (χ3v) is 6.25. The maximum atomic E-state index is 12.7. The van der Waals surface area contributed by atoms with E-state index in [1.54, 1.807) is 0 Å². The van der Waals surface area contributed by atoms with Crippen LogP contribution < -0.4 is 5.73 Å². The van der Waals surface area contributed by atoms with Crippen LogP contribution in [-0.2, 0) is 9.59 Å². The molecule has 3 aliphatic rings. The van der Waals surface area contributed by atoms with Crippen molar-refractivity contribution >= 4 is 11.8 Å². The molecule has 0 aromatic carbocycles. The Morgan fingerprint density at radius 2 is 1.64 bits per heavy atom. The second kappa shape index (κ2) is 6.19. The van der Waals surface area contributed by atoms with E-state index in [0.29, 0.717) is 13.1 Å². The van der Waals surface area contributed by atoms with Crippen LogP contribution in [0.1, 0.15) is 57.8 Å². The Morgan fingerprint density at radius 1 is 1.00 bits per heavy atom. The zero-order valence-electron chi connectivity index (χ0n) is 13.3. The van der Waals surface area contributed by atoms with Gasteiger partial charge in [0.25, 0.3) is 0 Å². The summed E-state index contributed by atoms with van der Waals surface area (Å²) in [5.74, 6) is 1.31. The lowest BCUT2D eigenvalue weighted by Gasteiger charge is -2.42. The molecule has 3 N–H and O–H groups in total. The highest BCUT2D eigenvalue weighted by Gasteiger charge is 2.41. The third kappa shape index (κ3) is 3.00. The Balaban J connectivity index is 1.55. The van der Waals surface area contributed by atoms with Crippen LogP contribution in [0.15, 0.2) is 0 Å². The molecule has 5 heteroatoms. The smallest absolute Gasteiger partial charge is 0.249 e. The summed E-state index contributed by atoms with van der Waals surface area (Å²) in [6.45, 7) is 0.895. The van der Waals surface area contributed by atoms with Crippen LogP contribution in [0, 0.1) is 17.8 Å². The van der Waals surface area contributed by atoms with Crippen molar-refractivity contribution in [2.45, 2.75) is 63.4 Å². The van der Waals surface area contributed by atoms with Crippen molar-refractivity contribution in [2.24, 2.45) is 23.5 Å². The van der Waals surface area contributed by atoms with Gasteiger partial charge in [-0.2, -0.15) is 0 Å². The van der Waals surface area contributed by atoms with Crippen LogP contribution in [-0.4, -0.2) is 40.5 Å². The first-order chi connectivity index (χ1) is 10.5. The van der Waals surface area contributed by atoms with E-state index in [4.69, 9.17) is 5.73 Å². The van der Waals surface area contributed by atoms with Gasteiger partial charge in [-0.3, -0.25) is 9.59 Å². The number of aliphatic hydroxyl groups is 1. The Labute approximate surface area is 132 Å². The molecule has 22 heavy (non-hydrogen) atoms. The Hall–Kier alpha value is -1.10. The van der Waals surface area contributed by atoms with E-state index in [1.807, 2.05) is 4.90 Å². The fourth-order valence-electron chi connectivity index (χ4n) is 4.70. The number of amides is 2. The molecule has 3 rings (SSSR count). The van der Waals surface area contributed by atoms with Crippen molar-refractivity contribution in [3.05, 3.63) is 0 Å². The minimum Gasteiger partial charge on any atom is -0.380 e. The van der Waals surface area contributed by atoms with Crippen molar-refractivity contribution in [1.82, 2.24) is 4.90 Å². The molecule has 124 valence electrons. The van der Waals surface area contributed by atoms with E-state index in [2.05, 4.69) is 0 Å². The summed E-state index contributed by atoms with van der Waals surface area (Å²) in [6.07, 6.45) is 9.10. The molecule has 3 atom stereocenters. The van der Waals surface area contributed by atoms with Crippen LogP contribution >= 0.6 is 0 Å². The molecule has 3 fully saturated rings. The number of carbonyl (C=O) groups excluding carboxylic acids is 2. The molecule has 0 aromatic heterocycles. The molecular weight excluding hydrogens is 280 g/mol. The highest BCUT2D eigenvalue weighted by molar-refractivity contribution is 5.84. The molecule has 0 aromatic rings. The van der Waals surface area contributed by atoms with E-state index in [-0.39, 0.29) is 24.7 Å². The second-order valence-electron chi connectivity index (χ2n) is 7.54. The van der Waals surface area contributed by atoms with Gasteiger partial charge < -0.3 is 15.7 Å². The third-order valence-electron chi connectivity index (χ3n) is 6.25. The van der Waals surface area contributed by atoms with Gasteiger partial charge in [0, 0.05) is 31.8 Å². The summed E-state index contributed by atoms with van der Waals surface area (Å²) in [5, 5.41) is 10.1. The molecule has 2 amide bonds. The van der Waals surface area contributed by atoms with Crippen molar-refractivity contribution in [3.63, 3.8) is 0 Å². The zero-order valence-corrected chi connectivity index (χ0v) is 13.3. The highest BCUT2D eigenvalue weighted by Crippen LogP contribution is 2.43. The Kier molecular flexibility index (Phi) is 4.44.